The van der Waals surface area contributed by atoms with E-state index in [1.54, 1.807) is 23.1 Å². The molecule has 3 aromatic carbocycles. The highest BCUT2D eigenvalue weighted by Crippen LogP contribution is 2.32. The minimum atomic E-state index is -0.640. The van der Waals surface area contributed by atoms with Gasteiger partial charge in [-0.25, -0.2) is 4.39 Å². The molecule has 4 rings (SSSR count). The second kappa shape index (κ2) is 10.9. The van der Waals surface area contributed by atoms with Gasteiger partial charge in [0.15, 0.2) is 6.10 Å². The van der Waals surface area contributed by atoms with Gasteiger partial charge in [-0.3, -0.25) is 9.59 Å². The summed E-state index contributed by atoms with van der Waals surface area (Å²) in [6.45, 7) is 4.37. The molecule has 182 valence electrons. The molecule has 2 amide bonds. The first-order valence-corrected chi connectivity index (χ1v) is 12.2. The average molecular weight is 495 g/mol. The molecule has 2 atom stereocenters. The third-order valence-electron chi connectivity index (χ3n) is 6.22. The zero-order chi connectivity index (χ0) is 24.9. The number of nitrogens with one attached hydrogen (secondary N) is 1. The van der Waals surface area contributed by atoms with E-state index < -0.39 is 11.9 Å². The summed E-state index contributed by atoms with van der Waals surface area (Å²) in [7, 11) is 0. The van der Waals surface area contributed by atoms with Gasteiger partial charge in [-0.2, -0.15) is 0 Å². The summed E-state index contributed by atoms with van der Waals surface area (Å²) >= 11 is 6.23. The van der Waals surface area contributed by atoms with Crippen LogP contribution in [-0.4, -0.2) is 22.8 Å². The molecule has 0 aromatic heterocycles. The third kappa shape index (κ3) is 5.65. The lowest BCUT2D eigenvalue weighted by molar-refractivity contribution is -0.139. The van der Waals surface area contributed by atoms with Crippen LogP contribution in [0.4, 0.5) is 10.1 Å². The van der Waals surface area contributed by atoms with Gasteiger partial charge in [-0.15, -0.1) is 0 Å². The number of nitrogens with zero attached hydrogens (tertiary/aromatic N) is 1. The van der Waals surface area contributed by atoms with Gasteiger partial charge in [0.1, 0.15) is 11.6 Å². The van der Waals surface area contributed by atoms with Gasteiger partial charge in [0, 0.05) is 29.4 Å². The van der Waals surface area contributed by atoms with Crippen molar-refractivity contribution in [2.24, 2.45) is 0 Å². The Labute approximate surface area is 209 Å². The van der Waals surface area contributed by atoms with Crippen molar-refractivity contribution in [1.82, 2.24) is 4.90 Å². The van der Waals surface area contributed by atoms with Crippen LogP contribution in [0.3, 0.4) is 0 Å². The number of rotatable bonds is 7. The molecular weight excluding hydrogens is 467 g/mol. The maximum Gasteiger partial charge on any atom is 0.264 e. The van der Waals surface area contributed by atoms with E-state index >= 15 is 0 Å². The van der Waals surface area contributed by atoms with Crippen molar-refractivity contribution in [2.75, 3.05) is 5.32 Å². The zero-order valence-corrected chi connectivity index (χ0v) is 20.5. The van der Waals surface area contributed by atoms with Crippen molar-refractivity contribution in [3.8, 4) is 5.75 Å². The minimum absolute atomic E-state index is 0.0920. The number of carbonyl (C=O) groups excluding carboxylic acids is 2. The van der Waals surface area contributed by atoms with Gasteiger partial charge in [0.05, 0.1) is 5.92 Å². The lowest BCUT2D eigenvalue weighted by Crippen LogP contribution is -2.38. The first-order valence-electron chi connectivity index (χ1n) is 11.8. The van der Waals surface area contributed by atoms with Crippen molar-refractivity contribution in [3.05, 3.63) is 94.3 Å². The molecule has 0 fully saturated rings. The van der Waals surface area contributed by atoms with E-state index in [1.165, 1.54) is 12.1 Å². The van der Waals surface area contributed by atoms with Crippen LogP contribution in [0, 0.1) is 5.82 Å². The van der Waals surface area contributed by atoms with Gasteiger partial charge in [-0.1, -0.05) is 61.8 Å². The molecule has 0 saturated heterocycles. The molecule has 0 aliphatic carbocycles. The molecule has 35 heavy (non-hydrogen) atoms. The Kier molecular flexibility index (Phi) is 7.71. The number of fused-ring (bicyclic) bond motifs is 1. The lowest BCUT2D eigenvalue weighted by Gasteiger charge is -2.24. The van der Waals surface area contributed by atoms with E-state index in [0.717, 1.165) is 11.1 Å². The van der Waals surface area contributed by atoms with Crippen LogP contribution in [0.15, 0.2) is 66.7 Å². The van der Waals surface area contributed by atoms with Crippen LogP contribution < -0.4 is 10.1 Å². The first-order chi connectivity index (χ1) is 16.9. The maximum absolute atomic E-state index is 13.5. The third-order valence-corrected chi connectivity index (χ3v) is 6.57. The van der Waals surface area contributed by atoms with Crippen LogP contribution in [0.1, 0.15) is 49.3 Å². The number of carbonyl (C=O) groups is 2. The fourth-order valence-corrected chi connectivity index (χ4v) is 4.55. The van der Waals surface area contributed by atoms with E-state index in [1.807, 2.05) is 50.2 Å². The topological polar surface area (TPSA) is 58.6 Å². The quantitative estimate of drug-likeness (QED) is 0.418. The summed E-state index contributed by atoms with van der Waals surface area (Å²) in [5.74, 6) is -0.349. The Morgan fingerprint density at radius 1 is 1.14 bits per heavy atom. The SMILES string of the molecule is CCC1Oc2ccc(NC(=O)C(CC)c3ccccc3)cc2CN(Cc2ccc(F)cc2Cl)C1=O. The van der Waals surface area contributed by atoms with Gasteiger partial charge in [0.25, 0.3) is 5.91 Å². The zero-order valence-electron chi connectivity index (χ0n) is 19.8. The summed E-state index contributed by atoms with van der Waals surface area (Å²) < 4.78 is 19.5. The van der Waals surface area contributed by atoms with Crippen LogP contribution >= 0.6 is 11.6 Å². The number of halogens is 2. The number of hydrogen-bond donors (Lipinski definition) is 1. The second-order valence-electron chi connectivity index (χ2n) is 8.63. The highest BCUT2D eigenvalue weighted by Gasteiger charge is 2.30. The van der Waals surface area contributed by atoms with Gasteiger partial charge in [0.2, 0.25) is 5.91 Å². The molecule has 1 aliphatic heterocycles. The number of amides is 2. The van der Waals surface area contributed by atoms with E-state index in [-0.39, 0.29) is 35.8 Å². The smallest absolute Gasteiger partial charge is 0.264 e. The number of ether oxygens (including phenoxy) is 1. The summed E-state index contributed by atoms with van der Waals surface area (Å²) in [6, 6.07) is 19.3. The summed E-state index contributed by atoms with van der Waals surface area (Å²) in [6.07, 6.45) is 0.529. The molecule has 7 heteroatoms. The van der Waals surface area contributed by atoms with Crippen LogP contribution in [0.5, 0.6) is 5.75 Å². The number of benzene rings is 3. The molecule has 0 saturated carbocycles. The maximum atomic E-state index is 13.5. The van der Waals surface area contributed by atoms with Crippen LogP contribution in [0.25, 0.3) is 0 Å². The lowest BCUT2D eigenvalue weighted by atomic mass is 9.95. The normalized spacial score (nSPS) is 16.2. The van der Waals surface area contributed by atoms with Crippen molar-refractivity contribution in [3.63, 3.8) is 0 Å². The molecule has 3 aromatic rings. The largest absolute Gasteiger partial charge is 0.480 e. The Bertz CT molecular complexity index is 1220. The fraction of sp³-hybridized carbons (Fsp3) is 0.286. The summed E-state index contributed by atoms with van der Waals surface area (Å²) in [5.41, 5.74) is 3.02. The summed E-state index contributed by atoms with van der Waals surface area (Å²) in [4.78, 5) is 27.9. The minimum Gasteiger partial charge on any atom is -0.480 e. The molecule has 1 N–H and O–H groups in total. The Balaban J connectivity index is 1.58. The number of anilines is 1. The second-order valence-corrected chi connectivity index (χ2v) is 9.04. The van der Waals surface area contributed by atoms with E-state index in [4.69, 9.17) is 16.3 Å². The Morgan fingerprint density at radius 2 is 1.91 bits per heavy atom. The average Bonchev–Trinajstić information content (AvgIpc) is 2.98. The predicted octanol–water partition coefficient (Wildman–Crippen LogP) is 6.31. The van der Waals surface area contributed by atoms with Gasteiger partial charge in [-0.05, 0) is 54.3 Å². The molecule has 0 spiro atoms. The van der Waals surface area contributed by atoms with Crippen LogP contribution in [-0.2, 0) is 22.7 Å². The molecule has 0 bridgehead atoms. The molecule has 2 unspecified atom stereocenters. The van der Waals surface area contributed by atoms with Crippen LogP contribution in [0.2, 0.25) is 5.02 Å². The van der Waals surface area contributed by atoms with Gasteiger partial charge < -0.3 is 15.0 Å². The van der Waals surface area contributed by atoms with E-state index in [2.05, 4.69) is 5.32 Å². The molecular formula is C28H28ClFN2O3. The molecule has 0 radical (unpaired) electrons. The Morgan fingerprint density at radius 3 is 2.60 bits per heavy atom. The van der Waals surface area contributed by atoms with Crippen molar-refractivity contribution >= 4 is 29.1 Å². The monoisotopic (exact) mass is 494 g/mol. The fourth-order valence-electron chi connectivity index (χ4n) is 4.32. The highest BCUT2D eigenvalue weighted by molar-refractivity contribution is 6.31. The predicted molar refractivity (Wildman–Crippen MR) is 135 cm³/mol. The molecule has 1 aliphatic rings. The molecule has 1 heterocycles. The molecule has 5 nitrogen and oxygen atoms in total. The standard InChI is InChI=1S/C28H28ClFN2O3/c1-3-23(18-8-6-5-7-9-18)27(33)31-22-12-13-26-20(14-22)17-32(28(34)25(4-2)35-26)16-19-10-11-21(30)15-24(19)29/h5-15,23,25H,3-4,16-17H2,1-2H3,(H,31,33). The van der Waals surface area contributed by atoms with Crippen molar-refractivity contribution < 1.29 is 18.7 Å². The van der Waals surface area contributed by atoms with E-state index in [0.29, 0.717) is 29.8 Å². The number of hydrogen-bond acceptors (Lipinski definition) is 3. The first kappa shape index (κ1) is 24.7. The highest BCUT2D eigenvalue weighted by atomic mass is 35.5. The summed E-state index contributed by atoms with van der Waals surface area (Å²) in [5, 5.41) is 3.28. The van der Waals surface area contributed by atoms with Crippen molar-refractivity contribution in [2.45, 2.75) is 51.8 Å². The van der Waals surface area contributed by atoms with Gasteiger partial charge >= 0.3 is 0 Å². The van der Waals surface area contributed by atoms with Crippen molar-refractivity contribution in [1.29, 1.82) is 0 Å². The Hall–Kier alpha value is -3.38. The van der Waals surface area contributed by atoms with E-state index in [9.17, 15) is 14.0 Å².